The lowest BCUT2D eigenvalue weighted by Crippen LogP contribution is -2.45. The summed E-state index contributed by atoms with van der Waals surface area (Å²) in [6.45, 7) is 5.13. The summed E-state index contributed by atoms with van der Waals surface area (Å²) in [4.78, 5) is 36.3. The van der Waals surface area contributed by atoms with Gasteiger partial charge in [-0.05, 0) is 44.4 Å². The van der Waals surface area contributed by atoms with Crippen molar-refractivity contribution in [1.29, 1.82) is 0 Å². The summed E-state index contributed by atoms with van der Waals surface area (Å²) >= 11 is 3.38. The van der Waals surface area contributed by atoms with Crippen LogP contribution in [0.5, 0.6) is 0 Å². The van der Waals surface area contributed by atoms with Crippen LogP contribution >= 0.6 is 15.9 Å². The van der Waals surface area contributed by atoms with Gasteiger partial charge >= 0.3 is 17.9 Å². The highest BCUT2D eigenvalue weighted by Crippen LogP contribution is 2.32. The topological polar surface area (TPSA) is 89.9 Å². The first-order valence-electron chi connectivity index (χ1n) is 7.58. The Kier molecular flexibility index (Phi) is 7.41. The van der Waals surface area contributed by atoms with Gasteiger partial charge in [-0.25, -0.2) is 0 Å². The Bertz CT molecular complexity index is 608. The zero-order valence-corrected chi connectivity index (χ0v) is 15.5. The van der Waals surface area contributed by atoms with Crippen LogP contribution in [0.1, 0.15) is 31.4 Å². The molecule has 0 saturated heterocycles. The largest absolute Gasteiger partial charge is 0.481 e. The van der Waals surface area contributed by atoms with E-state index in [-0.39, 0.29) is 19.6 Å². The number of carboxylic acid groups (broad SMARTS) is 1. The van der Waals surface area contributed by atoms with E-state index in [9.17, 15) is 19.5 Å². The molecule has 0 radical (unpaired) electrons. The van der Waals surface area contributed by atoms with E-state index in [4.69, 9.17) is 9.47 Å². The smallest absolute Gasteiger partial charge is 0.324 e. The maximum atomic E-state index is 12.5. The van der Waals surface area contributed by atoms with E-state index in [0.29, 0.717) is 5.56 Å². The van der Waals surface area contributed by atoms with Crippen molar-refractivity contribution in [2.75, 3.05) is 13.2 Å². The van der Waals surface area contributed by atoms with Crippen LogP contribution in [0.25, 0.3) is 0 Å². The van der Waals surface area contributed by atoms with E-state index in [0.717, 1.165) is 10.0 Å². The van der Waals surface area contributed by atoms with Gasteiger partial charge in [-0.3, -0.25) is 14.4 Å². The van der Waals surface area contributed by atoms with Gasteiger partial charge in [0.1, 0.15) is 0 Å². The fourth-order valence-corrected chi connectivity index (χ4v) is 2.64. The molecule has 1 rings (SSSR count). The predicted molar refractivity (Wildman–Crippen MR) is 90.5 cm³/mol. The molecule has 1 N–H and O–H groups in total. The van der Waals surface area contributed by atoms with Crippen LogP contribution in [-0.2, 0) is 30.3 Å². The SMILES string of the molecule is CCOC(=O)C(CC(=O)O)(Cc1ccc(Br)c(C)c1)C(=O)OCC. The third kappa shape index (κ3) is 4.80. The number of carbonyl (C=O) groups excluding carboxylic acids is 2. The van der Waals surface area contributed by atoms with Gasteiger partial charge in [0.15, 0.2) is 5.41 Å². The normalized spacial score (nSPS) is 11.0. The van der Waals surface area contributed by atoms with Gasteiger partial charge < -0.3 is 14.6 Å². The molecular formula is C17H21BrO6. The second-order valence-corrected chi connectivity index (χ2v) is 6.21. The number of carboxylic acids is 1. The summed E-state index contributed by atoms with van der Waals surface area (Å²) in [5.74, 6) is -3.04. The highest BCUT2D eigenvalue weighted by atomic mass is 79.9. The van der Waals surface area contributed by atoms with Gasteiger partial charge in [0, 0.05) is 4.47 Å². The number of aryl methyl sites for hydroxylation is 1. The second kappa shape index (κ2) is 8.82. The molecular weight excluding hydrogens is 380 g/mol. The molecule has 24 heavy (non-hydrogen) atoms. The summed E-state index contributed by atoms with van der Waals surface area (Å²) in [6.07, 6.45) is -0.801. The molecule has 7 heteroatoms. The van der Waals surface area contributed by atoms with Crippen molar-refractivity contribution in [3.63, 3.8) is 0 Å². The average molecular weight is 401 g/mol. The number of rotatable bonds is 8. The molecule has 1 aromatic rings. The minimum Gasteiger partial charge on any atom is -0.481 e. The number of halogens is 1. The molecule has 1 aromatic carbocycles. The Morgan fingerprint density at radius 2 is 1.67 bits per heavy atom. The molecule has 0 bridgehead atoms. The molecule has 0 aliphatic heterocycles. The molecule has 0 spiro atoms. The number of hydrogen-bond acceptors (Lipinski definition) is 5. The summed E-state index contributed by atoms with van der Waals surface area (Å²) in [6, 6.07) is 5.30. The van der Waals surface area contributed by atoms with Crippen LogP contribution in [0.3, 0.4) is 0 Å². The average Bonchev–Trinajstić information content (AvgIpc) is 2.50. The van der Waals surface area contributed by atoms with Crippen molar-refractivity contribution >= 4 is 33.8 Å². The van der Waals surface area contributed by atoms with E-state index >= 15 is 0 Å². The van der Waals surface area contributed by atoms with Crippen LogP contribution < -0.4 is 0 Å². The predicted octanol–water partition coefficient (Wildman–Crippen LogP) is 2.89. The van der Waals surface area contributed by atoms with Crippen molar-refractivity contribution in [2.45, 2.75) is 33.6 Å². The number of hydrogen-bond donors (Lipinski definition) is 1. The van der Waals surface area contributed by atoms with Gasteiger partial charge in [-0.1, -0.05) is 28.1 Å². The maximum Gasteiger partial charge on any atom is 0.324 e. The Hall–Kier alpha value is -1.89. The van der Waals surface area contributed by atoms with Crippen molar-refractivity contribution in [2.24, 2.45) is 5.41 Å². The van der Waals surface area contributed by atoms with E-state index in [1.165, 1.54) is 0 Å². The van der Waals surface area contributed by atoms with E-state index < -0.39 is 29.7 Å². The third-order valence-electron chi connectivity index (χ3n) is 3.51. The summed E-state index contributed by atoms with van der Waals surface area (Å²) < 4.78 is 10.9. The Labute approximate surface area is 149 Å². The molecule has 0 aliphatic rings. The summed E-state index contributed by atoms with van der Waals surface area (Å²) in [5.41, 5.74) is -0.347. The molecule has 0 saturated carbocycles. The van der Waals surface area contributed by atoms with Crippen LogP contribution in [-0.4, -0.2) is 36.2 Å². The van der Waals surface area contributed by atoms with Gasteiger partial charge in [-0.15, -0.1) is 0 Å². The zero-order chi connectivity index (χ0) is 18.3. The Morgan fingerprint density at radius 1 is 1.12 bits per heavy atom. The molecule has 0 atom stereocenters. The molecule has 132 valence electrons. The first-order valence-corrected chi connectivity index (χ1v) is 8.37. The lowest BCUT2D eigenvalue weighted by atomic mass is 9.78. The van der Waals surface area contributed by atoms with E-state index in [1.54, 1.807) is 32.0 Å². The van der Waals surface area contributed by atoms with E-state index in [2.05, 4.69) is 15.9 Å². The van der Waals surface area contributed by atoms with Crippen molar-refractivity contribution < 1.29 is 29.0 Å². The summed E-state index contributed by atoms with van der Waals surface area (Å²) in [7, 11) is 0. The fraction of sp³-hybridized carbons (Fsp3) is 0.471. The molecule has 0 aromatic heterocycles. The maximum absolute atomic E-state index is 12.5. The van der Waals surface area contributed by atoms with Gasteiger partial charge in [0.05, 0.1) is 19.6 Å². The zero-order valence-electron chi connectivity index (χ0n) is 13.9. The lowest BCUT2D eigenvalue weighted by Gasteiger charge is -2.28. The van der Waals surface area contributed by atoms with Crippen LogP contribution in [0.15, 0.2) is 22.7 Å². The molecule has 0 heterocycles. The second-order valence-electron chi connectivity index (χ2n) is 5.35. The molecule has 0 amide bonds. The van der Waals surface area contributed by atoms with E-state index in [1.807, 2.05) is 6.92 Å². The minimum absolute atomic E-state index is 0.0406. The lowest BCUT2D eigenvalue weighted by molar-refractivity contribution is -0.176. The molecule has 6 nitrogen and oxygen atoms in total. The Balaban J connectivity index is 3.35. The number of benzene rings is 1. The highest BCUT2D eigenvalue weighted by Gasteiger charge is 2.50. The Morgan fingerprint density at radius 3 is 2.08 bits per heavy atom. The number of carbonyl (C=O) groups is 3. The van der Waals surface area contributed by atoms with Gasteiger partial charge in [-0.2, -0.15) is 0 Å². The van der Waals surface area contributed by atoms with Crippen LogP contribution in [0.4, 0.5) is 0 Å². The van der Waals surface area contributed by atoms with Crippen molar-refractivity contribution in [3.05, 3.63) is 33.8 Å². The first kappa shape index (κ1) is 20.2. The van der Waals surface area contributed by atoms with Gasteiger partial charge in [0.25, 0.3) is 0 Å². The summed E-state index contributed by atoms with van der Waals surface area (Å²) in [5, 5.41) is 9.24. The molecule has 0 aliphatic carbocycles. The van der Waals surface area contributed by atoms with Crippen molar-refractivity contribution in [1.82, 2.24) is 0 Å². The van der Waals surface area contributed by atoms with Crippen LogP contribution in [0.2, 0.25) is 0 Å². The molecule has 0 fully saturated rings. The quantitative estimate of drug-likeness (QED) is 0.532. The fourth-order valence-electron chi connectivity index (χ4n) is 2.40. The monoisotopic (exact) mass is 400 g/mol. The standard InChI is InChI=1S/C17H21BrO6/c1-4-23-15(21)17(10-14(19)20,16(22)24-5-2)9-12-6-7-13(18)11(3)8-12/h6-8H,4-5,9-10H2,1-3H3,(H,19,20). The highest BCUT2D eigenvalue weighted by molar-refractivity contribution is 9.10. The minimum atomic E-state index is -1.90. The van der Waals surface area contributed by atoms with Gasteiger partial charge in [0.2, 0.25) is 0 Å². The first-order chi connectivity index (χ1) is 11.3. The number of esters is 2. The van der Waals surface area contributed by atoms with Crippen LogP contribution in [0, 0.1) is 12.3 Å². The third-order valence-corrected chi connectivity index (χ3v) is 4.40. The number of ether oxygens (including phenoxy) is 2. The molecule has 0 unspecified atom stereocenters. The number of aliphatic carboxylic acids is 1. The van der Waals surface area contributed by atoms with Crippen molar-refractivity contribution in [3.8, 4) is 0 Å².